The highest BCUT2D eigenvalue weighted by atomic mass is 15.3. The zero-order valence-corrected chi connectivity index (χ0v) is 12.3. The van der Waals surface area contributed by atoms with Gasteiger partial charge in [-0.05, 0) is 36.8 Å². The van der Waals surface area contributed by atoms with Crippen LogP contribution in [0.3, 0.4) is 0 Å². The fraction of sp³-hybridized carbons (Fsp3) is 0.125. The Morgan fingerprint density at radius 3 is 2.68 bits per heavy atom. The van der Waals surface area contributed by atoms with E-state index in [-0.39, 0.29) is 0 Å². The van der Waals surface area contributed by atoms with Crippen LogP contribution in [0.25, 0.3) is 28.0 Å². The van der Waals surface area contributed by atoms with E-state index in [9.17, 15) is 0 Å². The topological polar surface area (TPSA) is 61.4 Å². The Morgan fingerprint density at radius 2 is 1.95 bits per heavy atom. The van der Waals surface area contributed by atoms with Gasteiger partial charge in [0.05, 0.1) is 22.6 Å². The van der Waals surface area contributed by atoms with E-state index in [0.29, 0.717) is 0 Å². The molecule has 22 heavy (non-hydrogen) atoms. The Balaban J connectivity index is 1.93. The third-order valence-corrected chi connectivity index (χ3v) is 3.77. The van der Waals surface area contributed by atoms with E-state index < -0.39 is 0 Å². The van der Waals surface area contributed by atoms with Gasteiger partial charge in [0.2, 0.25) is 0 Å². The molecule has 0 unspecified atom stereocenters. The second kappa shape index (κ2) is 4.77. The first-order chi connectivity index (χ1) is 10.7. The predicted molar refractivity (Wildman–Crippen MR) is 83.6 cm³/mol. The number of pyridine rings is 1. The molecule has 0 radical (unpaired) electrons. The van der Waals surface area contributed by atoms with Crippen molar-refractivity contribution < 1.29 is 0 Å². The molecule has 1 aromatic carbocycles. The van der Waals surface area contributed by atoms with Crippen molar-refractivity contribution in [1.29, 1.82) is 0 Å². The first kappa shape index (κ1) is 12.7. The van der Waals surface area contributed by atoms with Crippen molar-refractivity contribution in [3.8, 4) is 17.1 Å². The highest BCUT2D eigenvalue weighted by Crippen LogP contribution is 2.25. The minimum absolute atomic E-state index is 0.917. The molecule has 108 valence electrons. The van der Waals surface area contributed by atoms with Gasteiger partial charge in [0.25, 0.3) is 0 Å². The van der Waals surface area contributed by atoms with E-state index >= 15 is 0 Å². The maximum absolute atomic E-state index is 4.79. The summed E-state index contributed by atoms with van der Waals surface area (Å²) >= 11 is 0. The van der Waals surface area contributed by atoms with Crippen LogP contribution >= 0.6 is 0 Å². The van der Waals surface area contributed by atoms with Crippen molar-refractivity contribution in [2.24, 2.45) is 7.05 Å². The van der Waals surface area contributed by atoms with Gasteiger partial charge in [0, 0.05) is 18.6 Å². The average molecular weight is 290 g/mol. The molecule has 0 bridgehead atoms. The van der Waals surface area contributed by atoms with E-state index in [1.54, 1.807) is 17.2 Å². The molecular formula is C16H14N6. The Hall–Kier alpha value is -3.02. The largest absolute Gasteiger partial charge is 0.266 e. The van der Waals surface area contributed by atoms with Crippen LogP contribution in [0.1, 0.15) is 5.56 Å². The maximum Gasteiger partial charge on any atom is 0.138 e. The summed E-state index contributed by atoms with van der Waals surface area (Å²) in [5, 5.41) is 9.52. The van der Waals surface area contributed by atoms with Crippen molar-refractivity contribution >= 4 is 10.9 Å². The van der Waals surface area contributed by atoms with E-state index in [1.165, 1.54) is 11.9 Å². The van der Waals surface area contributed by atoms with Gasteiger partial charge in [-0.3, -0.25) is 4.68 Å². The number of hydrogen-bond acceptors (Lipinski definition) is 4. The van der Waals surface area contributed by atoms with Crippen molar-refractivity contribution in [3.63, 3.8) is 0 Å². The van der Waals surface area contributed by atoms with Crippen LogP contribution in [-0.4, -0.2) is 29.5 Å². The van der Waals surface area contributed by atoms with E-state index in [2.05, 4.69) is 34.2 Å². The molecule has 3 aromatic heterocycles. The highest BCUT2D eigenvalue weighted by molar-refractivity contribution is 5.86. The number of aryl methyl sites for hydroxylation is 2. The molecule has 6 heteroatoms. The Labute approximate surface area is 127 Å². The van der Waals surface area contributed by atoms with Crippen LogP contribution in [0.5, 0.6) is 0 Å². The number of fused-ring (bicyclic) bond motifs is 1. The highest BCUT2D eigenvalue weighted by Gasteiger charge is 2.09. The molecular weight excluding hydrogens is 276 g/mol. The average Bonchev–Trinajstić information content (AvgIpc) is 3.17. The molecule has 0 spiro atoms. The van der Waals surface area contributed by atoms with Gasteiger partial charge in [-0.2, -0.15) is 10.2 Å². The summed E-state index contributed by atoms with van der Waals surface area (Å²) in [7, 11) is 1.92. The van der Waals surface area contributed by atoms with E-state index in [4.69, 9.17) is 4.98 Å². The summed E-state index contributed by atoms with van der Waals surface area (Å²) < 4.78 is 3.56. The standard InChI is InChI=1S/C16H14N6/c1-11-7-15(16-5-6-18-21(16)2)20-14-8-12(3-4-13(11)14)22-10-17-9-19-22/h3-10H,1-2H3. The molecule has 6 nitrogen and oxygen atoms in total. The minimum atomic E-state index is 0.917. The molecule has 0 saturated carbocycles. The molecule has 4 aromatic rings. The summed E-state index contributed by atoms with van der Waals surface area (Å²) in [5.41, 5.74) is 4.98. The van der Waals surface area contributed by atoms with Crippen LogP contribution < -0.4 is 0 Å². The zero-order chi connectivity index (χ0) is 15.1. The number of aromatic nitrogens is 6. The number of rotatable bonds is 2. The second-order valence-electron chi connectivity index (χ2n) is 5.21. The van der Waals surface area contributed by atoms with Crippen LogP contribution in [0, 0.1) is 6.92 Å². The molecule has 0 fully saturated rings. The Bertz CT molecular complexity index is 952. The molecule has 0 amide bonds. The van der Waals surface area contributed by atoms with Gasteiger partial charge < -0.3 is 0 Å². The van der Waals surface area contributed by atoms with Crippen LogP contribution in [0.2, 0.25) is 0 Å². The third-order valence-electron chi connectivity index (χ3n) is 3.77. The molecule has 0 aliphatic rings. The van der Waals surface area contributed by atoms with Crippen molar-refractivity contribution in [2.45, 2.75) is 6.92 Å². The minimum Gasteiger partial charge on any atom is -0.266 e. The van der Waals surface area contributed by atoms with Gasteiger partial charge >= 0.3 is 0 Å². The summed E-state index contributed by atoms with van der Waals surface area (Å²) in [6.07, 6.45) is 4.98. The summed E-state index contributed by atoms with van der Waals surface area (Å²) in [4.78, 5) is 8.77. The molecule has 0 aliphatic carbocycles. The lowest BCUT2D eigenvalue weighted by atomic mass is 10.1. The summed E-state index contributed by atoms with van der Waals surface area (Å²) in [6, 6.07) is 10.2. The molecule has 0 saturated heterocycles. The predicted octanol–water partition coefficient (Wildman–Crippen LogP) is 2.52. The van der Waals surface area contributed by atoms with Crippen molar-refractivity contribution in [1.82, 2.24) is 29.5 Å². The van der Waals surface area contributed by atoms with E-state index in [1.807, 2.05) is 29.9 Å². The first-order valence-corrected chi connectivity index (χ1v) is 6.97. The van der Waals surface area contributed by atoms with E-state index in [0.717, 1.165) is 28.0 Å². The molecule has 0 atom stereocenters. The zero-order valence-electron chi connectivity index (χ0n) is 12.3. The van der Waals surface area contributed by atoms with Gasteiger partial charge in [0.15, 0.2) is 0 Å². The van der Waals surface area contributed by atoms with Crippen LogP contribution in [-0.2, 0) is 7.05 Å². The fourth-order valence-corrected chi connectivity index (χ4v) is 2.63. The normalized spacial score (nSPS) is 11.2. The van der Waals surface area contributed by atoms with Gasteiger partial charge in [0.1, 0.15) is 12.7 Å². The first-order valence-electron chi connectivity index (χ1n) is 6.97. The number of nitrogens with zero attached hydrogens (tertiary/aromatic N) is 6. The fourth-order valence-electron chi connectivity index (χ4n) is 2.63. The molecule has 3 heterocycles. The van der Waals surface area contributed by atoms with Crippen LogP contribution in [0.15, 0.2) is 49.2 Å². The lowest BCUT2D eigenvalue weighted by Gasteiger charge is -2.08. The molecule has 0 aliphatic heterocycles. The van der Waals surface area contributed by atoms with Crippen molar-refractivity contribution in [2.75, 3.05) is 0 Å². The quantitative estimate of drug-likeness (QED) is 0.569. The lowest BCUT2D eigenvalue weighted by Crippen LogP contribution is -1.98. The van der Waals surface area contributed by atoms with Gasteiger partial charge in [-0.15, -0.1) is 0 Å². The molecule has 4 rings (SSSR count). The second-order valence-corrected chi connectivity index (χ2v) is 5.21. The van der Waals surface area contributed by atoms with Crippen molar-refractivity contribution in [3.05, 3.63) is 54.7 Å². The number of hydrogen-bond donors (Lipinski definition) is 0. The van der Waals surface area contributed by atoms with Gasteiger partial charge in [-0.25, -0.2) is 14.6 Å². The monoisotopic (exact) mass is 290 g/mol. The molecule has 0 N–H and O–H groups in total. The lowest BCUT2D eigenvalue weighted by molar-refractivity contribution is 0.773. The summed E-state index contributed by atoms with van der Waals surface area (Å²) in [6.45, 7) is 2.10. The Morgan fingerprint density at radius 1 is 1.05 bits per heavy atom. The smallest absolute Gasteiger partial charge is 0.138 e. The SMILES string of the molecule is Cc1cc(-c2ccnn2C)nc2cc(-n3cncn3)ccc12. The third kappa shape index (κ3) is 1.96. The maximum atomic E-state index is 4.79. The number of benzene rings is 1. The Kier molecular flexibility index (Phi) is 2.75. The summed E-state index contributed by atoms with van der Waals surface area (Å²) in [5.74, 6) is 0. The van der Waals surface area contributed by atoms with Crippen LogP contribution in [0.4, 0.5) is 0 Å². The van der Waals surface area contributed by atoms with Gasteiger partial charge in [-0.1, -0.05) is 6.07 Å².